The lowest BCUT2D eigenvalue weighted by atomic mass is 10.0. The van der Waals surface area contributed by atoms with Gasteiger partial charge in [0.1, 0.15) is 0 Å². The molecule has 2 rings (SSSR count). The van der Waals surface area contributed by atoms with Crippen molar-refractivity contribution in [2.45, 2.75) is 19.4 Å². The van der Waals surface area contributed by atoms with Gasteiger partial charge in [-0.2, -0.15) is 0 Å². The third-order valence-corrected chi connectivity index (χ3v) is 5.86. The summed E-state index contributed by atoms with van der Waals surface area (Å²) in [6.07, 6.45) is 0.682. The van der Waals surface area contributed by atoms with Crippen LogP contribution in [0.3, 0.4) is 0 Å². The van der Waals surface area contributed by atoms with E-state index in [1.165, 1.54) is 0 Å². The molecule has 0 spiro atoms. The Balaban J connectivity index is 0.00000242. The predicted molar refractivity (Wildman–Crippen MR) is 94.8 cm³/mol. The van der Waals surface area contributed by atoms with Crippen LogP contribution in [0.1, 0.15) is 24.9 Å². The Morgan fingerprint density at radius 1 is 1.36 bits per heavy atom. The lowest BCUT2D eigenvalue weighted by Crippen LogP contribution is -2.47. The van der Waals surface area contributed by atoms with Gasteiger partial charge in [0.05, 0.1) is 5.75 Å². The molecule has 1 saturated heterocycles. The molecule has 0 aliphatic carbocycles. The number of sulfone groups is 1. The summed E-state index contributed by atoms with van der Waals surface area (Å²) in [6.45, 7) is 5.07. The Morgan fingerprint density at radius 3 is 2.82 bits per heavy atom. The summed E-state index contributed by atoms with van der Waals surface area (Å²) in [4.78, 5) is 2.25. The Kier molecular flexibility index (Phi) is 8.14. The van der Waals surface area contributed by atoms with Gasteiger partial charge in [-0.3, -0.25) is 4.90 Å². The number of nitrogens with zero attached hydrogens (tertiary/aromatic N) is 1. The van der Waals surface area contributed by atoms with E-state index in [1.807, 2.05) is 25.1 Å². The van der Waals surface area contributed by atoms with E-state index >= 15 is 0 Å². The highest BCUT2D eigenvalue weighted by atomic mass is 35.5. The Labute approximate surface area is 144 Å². The zero-order valence-corrected chi connectivity index (χ0v) is 15.2. The monoisotopic (exact) mass is 366 g/mol. The van der Waals surface area contributed by atoms with Crippen molar-refractivity contribution in [3.63, 3.8) is 0 Å². The predicted octanol–water partition coefficient (Wildman–Crippen LogP) is 2.53. The maximum atomic E-state index is 11.9. The molecule has 0 amide bonds. The summed E-state index contributed by atoms with van der Waals surface area (Å²) in [5.74, 6) is 0.513. The molecule has 1 aromatic rings. The van der Waals surface area contributed by atoms with Crippen LogP contribution in [0.15, 0.2) is 24.3 Å². The molecule has 126 valence electrons. The molecule has 1 unspecified atom stereocenters. The van der Waals surface area contributed by atoms with Crippen molar-refractivity contribution in [3.05, 3.63) is 34.9 Å². The van der Waals surface area contributed by atoms with E-state index in [2.05, 4.69) is 16.3 Å². The van der Waals surface area contributed by atoms with Crippen LogP contribution in [0.5, 0.6) is 0 Å². The highest BCUT2D eigenvalue weighted by Crippen LogP contribution is 2.24. The molecule has 1 aliphatic heterocycles. The topological polar surface area (TPSA) is 49.4 Å². The van der Waals surface area contributed by atoms with E-state index in [1.54, 1.807) is 0 Å². The minimum atomic E-state index is -2.93. The van der Waals surface area contributed by atoms with Crippen molar-refractivity contribution >= 4 is 33.8 Å². The summed E-state index contributed by atoms with van der Waals surface area (Å²) in [7, 11) is -2.93. The van der Waals surface area contributed by atoms with Gasteiger partial charge in [-0.25, -0.2) is 8.42 Å². The fraction of sp³-hybridized carbons (Fsp3) is 0.600. The summed E-state index contributed by atoms with van der Waals surface area (Å²) in [5.41, 5.74) is 1.14. The van der Waals surface area contributed by atoms with Crippen molar-refractivity contribution in [2.75, 3.05) is 37.7 Å². The first-order valence-corrected chi connectivity index (χ1v) is 9.62. The van der Waals surface area contributed by atoms with Gasteiger partial charge < -0.3 is 5.32 Å². The summed E-state index contributed by atoms with van der Waals surface area (Å²) >= 11 is 6.07. The third-order valence-electron chi connectivity index (χ3n) is 3.79. The van der Waals surface area contributed by atoms with E-state index in [0.29, 0.717) is 13.0 Å². The maximum Gasteiger partial charge on any atom is 0.151 e. The van der Waals surface area contributed by atoms with Crippen LogP contribution in [0.4, 0.5) is 0 Å². The summed E-state index contributed by atoms with van der Waals surface area (Å²) in [6, 6.07) is 8.01. The van der Waals surface area contributed by atoms with Crippen LogP contribution >= 0.6 is 24.0 Å². The second-order valence-electron chi connectivity index (χ2n) is 5.46. The van der Waals surface area contributed by atoms with Crippen LogP contribution < -0.4 is 5.32 Å². The molecule has 1 fully saturated rings. The second kappa shape index (κ2) is 9.08. The van der Waals surface area contributed by atoms with Crippen molar-refractivity contribution in [1.29, 1.82) is 0 Å². The third kappa shape index (κ3) is 5.70. The van der Waals surface area contributed by atoms with Crippen molar-refractivity contribution in [1.82, 2.24) is 10.2 Å². The first kappa shape index (κ1) is 19.7. The number of rotatable bonds is 6. The Morgan fingerprint density at radius 2 is 2.14 bits per heavy atom. The molecule has 1 aromatic carbocycles. The van der Waals surface area contributed by atoms with E-state index in [4.69, 9.17) is 11.6 Å². The standard InChI is InChI=1S/C15H23ClN2O2S.ClH/c1-2-9-21(19,20)10-8-18-7-6-17-12-15(18)13-4-3-5-14(16)11-13;/h3-5,11,15,17H,2,6-10,12H2,1H3;1H. The van der Waals surface area contributed by atoms with Crippen LogP contribution in [0.2, 0.25) is 5.02 Å². The molecule has 1 aliphatic rings. The number of piperazine rings is 1. The molecule has 7 heteroatoms. The Hall–Kier alpha value is -0.330. The fourth-order valence-electron chi connectivity index (χ4n) is 2.73. The van der Waals surface area contributed by atoms with Gasteiger partial charge in [0.2, 0.25) is 0 Å². The van der Waals surface area contributed by atoms with Gasteiger partial charge in [0, 0.05) is 43.0 Å². The normalized spacial score (nSPS) is 19.6. The van der Waals surface area contributed by atoms with Gasteiger partial charge in [-0.1, -0.05) is 30.7 Å². The lowest BCUT2D eigenvalue weighted by molar-refractivity contribution is 0.172. The molecule has 4 nitrogen and oxygen atoms in total. The average molecular weight is 367 g/mol. The van der Waals surface area contributed by atoms with E-state index in [0.717, 1.165) is 30.2 Å². The van der Waals surface area contributed by atoms with Crippen LogP contribution in [-0.4, -0.2) is 51.0 Å². The molecule has 1 N–H and O–H groups in total. The van der Waals surface area contributed by atoms with Gasteiger partial charge in [-0.15, -0.1) is 12.4 Å². The highest BCUT2D eigenvalue weighted by molar-refractivity contribution is 7.91. The highest BCUT2D eigenvalue weighted by Gasteiger charge is 2.25. The van der Waals surface area contributed by atoms with Crippen LogP contribution in [0.25, 0.3) is 0 Å². The number of hydrogen-bond acceptors (Lipinski definition) is 4. The van der Waals surface area contributed by atoms with Gasteiger partial charge >= 0.3 is 0 Å². The largest absolute Gasteiger partial charge is 0.314 e. The quantitative estimate of drug-likeness (QED) is 0.840. The molecule has 0 radical (unpaired) electrons. The molecule has 22 heavy (non-hydrogen) atoms. The van der Waals surface area contributed by atoms with Gasteiger partial charge in [-0.05, 0) is 24.1 Å². The Bertz CT molecular complexity index is 566. The fourth-order valence-corrected chi connectivity index (χ4v) is 4.26. The summed E-state index contributed by atoms with van der Waals surface area (Å²) < 4.78 is 23.8. The molecule has 0 saturated carbocycles. The van der Waals surface area contributed by atoms with E-state index in [9.17, 15) is 8.42 Å². The molecule has 0 bridgehead atoms. The maximum absolute atomic E-state index is 11.9. The van der Waals surface area contributed by atoms with Gasteiger partial charge in [0.15, 0.2) is 9.84 Å². The lowest BCUT2D eigenvalue weighted by Gasteiger charge is -2.36. The van der Waals surface area contributed by atoms with E-state index < -0.39 is 9.84 Å². The molecule has 0 aromatic heterocycles. The SMILES string of the molecule is CCCS(=O)(=O)CCN1CCNCC1c1cccc(Cl)c1.Cl. The molecule has 1 atom stereocenters. The minimum absolute atomic E-state index is 0. The molecule has 1 heterocycles. The first-order chi connectivity index (χ1) is 10.0. The average Bonchev–Trinajstić information content (AvgIpc) is 2.45. The van der Waals surface area contributed by atoms with Crippen LogP contribution in [0, 0.1) is 0 Å². The minimum Gasteiger partial charge on any atom is -0.314 e. The van der Waals surface area contributed by atoms with Crippen molar-refractivity contribution < 1.29 is 8.42 Å². The number of halogens is 2. The molecular weight excluding hydrogens is 343 g/mol. The second-order valence-corrected chi connectivity index (χ2v) is 8.20. The van der Waals surface area contributed by atoms with Crippen molar-refractivity contribution in [3.8, 4) is 0 Å². The number of nitrogens with one attached hydrogen (secondary N) is 1. The van der Waals surface area contributed by atoms with Crippen molar-refractivity contribution in [2.24, 2.45) is 0 Å². The summed E-state index contributed by atoms with van der Waals surface area (Å²) in [5, 5.41) is 4.09. The molecular formula is C15H24Cl2N2O2S. The first-order valence-electron chi connectivity index (χ1n) is 7.42. The van der Waals surface area contributed by atoms with Gasteiger partial charge in [0.25, 0.3) is 0 Å². The smallest absolute Gasteiger partial charge is 0.151 e. The zero-order valence-electron chi connectivity index (χ0n) is 12.8. The number of benzene rings is 1. The zero-order chi connectivity index (χ0) is 15.3. The number of hydrogen-bond donors (Lipinski definition) is 1. The van der Waals surface area contributed by atoms with E-state index in [-0.39, 0.29) is 30.0 Å². The van der Waals surface area contributed by atoms with Crippen LogP contribution in [-0.2, 0) is 9.84 Å².